The Bertz CT molecular complexity index is 1080. The van der Waals surface area contributed by atoms with Gasteiger partial charge in [0.15, 0.2) is 0 Å². The molecule has 0 spiro atoms. The summed E-state index contributed by atoms with van der Waals surface area (Å²) in [7, 11) is 0. The molecule has 1 amide bonds. The zero-order chi connectivity index (χ0) is 19.2. The van der Waals surface area contributed by atoms with Crippen LogP contribution in [0.15, 0.2) is 85.3 Å². The molecule has 0 saturated carbocycles. The van der Waals surface area contributed by atoms with Gasteiger partial charge in [0, 0.05) is 24.2 Å². The Morgan fingerprint density at radius 2 is 1.71 bits per heavy atom. The number of benzene rings is 2. The molecule has 4 nitrogen and oxygen atoms in total. The molecule has 0 atom stereocenters. The van der Waals surface area contributed by atoms with Crippen LogP contribution in [0.4, 0.5) is 5.69 Å². The summed E-state index contributed by atoms with van der Waals surface area (Å²) in [6.45, 7) is 0. The Morgan fingerprint density at radius 1 is 0.893 bits per heavy atom. The highest BCUT2D eigenvalue weighted by atomic mass is 16.1. The van der Waals surface area contributed by atoms with Crippen LogP contribution < -0.4 is 5.32 Å². The number of aryl methyl sites for hydroxylation is 1. The highest BCUT2D eigenvalue weighted by molar-refractivity contribution is 5.90. The van der Waals surface area contributed by atoms with Crippen LogP contribution in [0.5, 0.6) is 0 Å². The van der Waals surface area contributed by atoms with Gasteiger partial charge in [-0.3, -0.25) is 14.8 Å². The van der Waals surface area contributed by atoms with Crippen molar-refractivity contribution in [2.24, 2.45) is 0 Å². The highest BCUT2D eigenvalue weighted by Crippen LogP contribution is 2.24. The molecule has 28 heavy (non-hydrogen) atoms. The lowest BCUT2D eigenvalue weighted by molar-refractivity contribution is -0.116. The van der Waals surface area contributed by atoms with Crippen molar-refractivity contribution in [3.8, 4) is 11.1 Å². The predicted octanol–water partition coefficient (Wildman–Crippen LogP) is 5.26. The van der Waals surface area contributed by atoms with Crippen LogP contribution in [-0.2, 0) is 11.2 Å². The molecule has 4 rings (SSSR count). The van der Waals surface area contributed by atoms with Crippen molar-refractivity contribution >= 4 is 22.5 Å². The number of anilines is 1. The third-order valence-electron chi connectivity index (χ3n) is 4.70. The predicted molar refractivity (Wildman–Crippen MR) is 113 cm³/mol. The molecule has 0 fully saturated rings. The maximum Gasteiger partial charge on any atom is 0.224 e. The number of nitrogens with zero attached hydrogens (tertiary/aromatic N) is 2. The zero-order valence-electron chi connectivity index (χ0n) is 15.5. The molecule has 0 aliphatic rings. The van der Waals surface area contributed by atoms with Crippen molar-refractivity contribution in [1.29, 1.82) is 0 Å². The molecule has 0 bridgehead atoms. The van der Waals surface area contributed by atoms with Crippen LogP contribution in [0.1, 0.15) is 18.4 Å². The number of pyridine rings is 2. The lowest BCUT2D eigenvalue weighted by Crippen LogP contribution is -2.11. The Morgan fingerprint density at radius 3 is 2.54 bits per heavy atom. The Balaban J connectivity index is 1.33. The van der Waals surface area contributed by atoms with Crippen LogP contribution in [0.3, 0.4) is 0 Å². The minimum Gasteiger partial charge on any atom is -0.325 e. The largest absolute Gasteiger partial charge is 0.325 e. The number of rotatable bonds is 6. The molecule has 4 heteroatoms. The van der Waals surface area contributed by atoms with Gasteiger partial charge in [0.1, 0.15) is 0 Å². The number of carbonyl (C=O) groups is 1. The molecular formula is C24H21N3O. The standard InChI is InChI=1S/C24H21N3O/c28-24(27-22-6-3-14-25-17-22)7-1-4-18-8-10-19(11-9-18)20-12-13-23-21(16-20)5-2-15-26-23/h2-3,5-6,8-17H,1,4,7H2,(H,27,28). The molecule has 138 valence electrons. The molecule has 0 aliphatic heterocycles. The minimum absolute atomic E-state index is 0.0226. The Labute approximate surface area is 164 Å². The van der Waals surface area contributed by atoms with Crippen LogP contribution in [0.2, 0.25) is 0 Å². The fraction of sp³-hybridized carbons (Fsp3) is 0.125. The topological polar surface area (TPSA) is 54.9 Å². The summed E-state index contributed by atoms with van der Waals surface area (Å²) >= 11 is 0. The average Bonchev–Trinajstić information content (AvgIpc) is 2.74. The Hall–Kier alpha value is -3.53. The van der Waals surface area contributed by atoms with E-state index >= 15 is 0 Å². The van der Waals surface area contributed by atoms with Crippen molar-refractivity contribution in [3.05, 3.63) is 90.9 Å². The van der Waals surface area contributed by atoms with E-state index in [-0.39, 0.29) is 5.91 Å². The molecular weight excluding hydrogens is 346 g/mol. The summed E-state index contributed by atoms with van der Waals surface area (Å²) in [4.78, 5) is 20.4. The highest BCUT2D eigenvalue weighted by Gasteiger charge is 2.04. The number of hydrogen-bond acceptors (Lipinski definition) is 3. The smallest absolute Gasteiger partial charge is 0.224 e. The summed E-state index contributed by atoms with van der Waals surface area (Å²) in [5, 5.41) is 4.01. The number of fused-ring (bicyclic) bond motifs is 1. The maximum absolute atomic E-state index is 12.0. The molecule has 2 aromatic heterocycles. The first-order valence-electron chi connectivity index (χ1n) is 9.42. The van der Waals surface area contributed by atoms with E-state index in [4.69, 9.17) is 0 Å². The fourth-order valence-electron chi connectivity index (χ4n) is 3.23. The minimum atomic E-state index is 0.0226. The van der Waals surface area contributed by atoms with E-state index in [1.165, 1.54) is 16.7 Å². The second-order valence-corrected chi connectivity index (χ2v) is 6.75. The lowest BCUT2D eigenvalue weighted by atomic mass is 10.0. The molecule has 0 aliphatic carbocycles. The molecule has 1 N–H and O–H groups in total. The van der Waals surface area contributed by atoms with Gasteiger partial charge in [-0.15, -0.1) is 0 Å². The molecule has 2 aromatic carbocycles. The van der Waals surface area contributed by atoms with Gasteiger partial charge in [0.25, 0.3) is 0 Å². The van der Waals surface area contributed by atoms with Crippen LogP contribution in [-0.4, -0.2) is 15.9 Å². The number of amides is 1. The maximum atomic E-state index is 12.0. The number of hydrogen-bond donors (Lipinski definition) is 1. The first-order chi connectivity index (χ1) is 13.8. The first-order valence-corrected chi connectivity index (χ1v) is 9.42. The summed E-state index contributed by atoms with van der Waals surface area (Å²) in [6.07, 6.45) is 7.34. The van der Waals surface area contributed by atoms with Gasteiger partial charge in [-0.25, -0.2) is 0 Å². The van der Waals surface area contributed by atoms with Gasteiger partial charge in [-0.2, -0.15) is 0 Å². The average molecular weight is 367 g/mol. The van der Waals surface area contributed by atoms with Crippen molar-refractivity contribution in [1.82, 2.24) is 9.97 Å². The normalized spacial score (nSPS) is 10.7. The quantitative estimate of drug-likeness (QED) is 0.506. The van der Waals surface area contributed by atoms with Gasteiger partial charge in [-0.05, 0) is 59.9 Å². The second kappa shape index (κ2) is 8.44. The summed E-state index contributed by atoms with van der Waals surface area (Å²) in [5.41, 5.74) is 5.35. The van der Waals surface area contributed by atoms with E-state index in [9.17, 15) is 4.79 Å². The SMILES string of the molecule is O=C(CCCc1ccc(-c2ccc3ncccc3c2)cc1)Nc1cccnc1. The molecule has 0 radical (unpaired) electrons. The van der Waals surface area contributed by atoms with Gasteiger partial charge >= 0.3 is 0 Å². The number of carbonyl (C=O) groups excluding carboxylic acids is 1. The number of nitrogens with one attached hydrogen (secondary N) is 1. The molecule has 2 heterocycles. The number of aromatic nitrogens is 2. The molecule has 4 aromatic rings. The van der Waals surface area contributed by atoms with E-state index < -0.39 is 0 Å². The monoisotopic (exact) mass is 367 g/mol. The van der Waals surface area contributed by atoms with E-state index in [1.807, 2.05) is 24.4 Å². The zero-order valence-corrected chi connectivity index (χ0v) is 15.5. The fourth-order valence-corrected chi connectivity index (χ4v) is 3.23. The van der Waals surface area contributed by atoms with E-state index in [0.29, 0.717) is 6.42 Å². The van der Waals surface area contributed by atoms with E-state index in [1.54, 1.807) is 12.4 Å². The van der Waals surface area contributed by atoms with Crippen molar-refractivity contribution in [2.45, 2.75) is 19.3 Å². The summed E-state index contributed by atoms with van der Waals surface area (Å²) in [6, 6.07) is 22.6. The second-order valence-electron chi connectivity index (χ2n) is 6.75. The van der Waals surface area contributed by atoms with Crippen LogP contribution >= 0.6 is 0 Å². The lowest BCUT2D eigenvalue weighted by Gasteiger charge is -2.07. The van der Waals surface area contributed by atoms with Gasteiger partial charge in [0.2, 0.25) is 5.91 Å². The van der Waals surface area contributed by atoms with Crippen LogP contribution in [0, 0.1) is 0 Å². The molecule has 0 unspecified atom stereocenters. The van der Waals surface area contributed by atoms with E-state index in [0.717, 1.165) is 29.4 Å². The first kappa shape index (κ1) is 17.9. The summed E-state index contributed by atoms with van der Waals surface area (Å²) in [5.74, 6) is 0.0226. The van der Waals surface area contributed by atoms with Crippen molar-refractivity contribution in [2.75, 3.05) is 5.32 Å². The van der Waals surface area contributed by atoms with Crippen molar-refractivity contribution in [3.63, 3.8) is 0 Å². The van der Waals surface area contributed by atoms with Gasteiger partial charge < -0.3 is 5.32 Å². The van der Waals surface area contributed by atoms with Gasteiger partial charge in [-0.1, -0.05) is 36.4 Å². The molecule has 0 saturated heterocycles. The third-order valence-corrected chi connectivity index (χ3v) is 4.70. The Kier molecular flexibility index (Phi) is 5.38. The van der Waals surface area contributed by atoms with Crippen molar-refractivity contribution < 1.29 is 4.79 Å². The van der Waals surface area contributed by atoms with Crippen LogP contribution in [0.25, 0.3) is 22.0 Å². The van der Waals surface area contributed by atoms with Gasteiger partial charge in [0.05, 0.1) is 17.4 Å². The van der Waals surface area contributed by atoms with E-state index in [2.05, 4.69) is 63.8 Å². The third kappa shape index (κ3) is 4.41. The summed E-state index contributed by atoms with van der Waals surface area (Å²) < 4.78 is 0.